The molecule has 0 saturated heterocycles. The molecule has 3 rings (SSSR count). The second-order valence-corrected chi connectivity index (χ2v) is 8.77. The molecule has 0 spiro atoms. The van der Waals surface area contributed by atoms with E-state index in [4.69, 9.17) is 0 Å². The monoisotopic (exact) mass is 367 g/mol. The normalized spacial score (nSPS) is 23.4. The van der Waals surface area contributed by atoms with Crippen LogP contribution in [0.5, 0.6) is 0 Å². The summed E-state index contributed by atoms with van der Waals surface area (Å²) in [5.41, 5.74) is 2.81. The first kappa shape index (κ1) is 14.6. The van der Waals surface area contributed by atoms with Crippen molar-refractivity contribution in [2.45, 2.75) is 41.8 Å². The Morgan fingerprint density at radius 3 is 2.90 bits per heavy atom. The van der Waals surface area contributed by atoms with Crippen LogP contribution in [-0.4, -0.2) is 5.25 Å². The highest BCUT2D eigenvalue weighted by Gasteiger charge is 2.27. The maximum atomic E-state index is 3.81. The number of thioether (sulfide) groups is 1. The van der Waals surface area contributed by atoms with Gasteiger partial charge < -0.3 is 5.32 Å². The van der Waals surface area contributed by atoms with Gasteiger partial charge in [0, 0.05) is 21.8 Å². The summed E-state index contributed by atoms with van der Waals surface area (Å²) in [5, 5.41) is 6.71. The van der Waals surface area contributed by atoms with Crippen LogP contribution in [0.15, 0.2) is 44.4 Å². The molecule has 0 radical (unpaired) electrons. The Bertz CT molecular complexity index is 596. The summed E-state index contributed by atoms with van der Waals surface area (Å²) in [6, 6.07) is 11.6. The largest absolute Gasteiger partial charge is 0.303 e. The predicted molar refractivity (Wildman–Crippen MR) is 92.7 cm³/mol. The number of hydrogen-bond acceptors (Lipinski definition) is 3. The molecule has 0 bridgehead atoms. The zero-order chi connectivity index (χ0) is 14.1. The van der Waals surface area contributed by atoms with Crippen molar-refractivity contribution in [3.05, 3.63) is 51.3 Å². The Morgan fingerprint density at radius 1 is 1.30 bits per heavy atom. The minimum Gasteiger partial charge on any atom is -0.303 e. The van der Waals surface area contributed by atoms with Gasteiger partial charge in [0.15, 0.2) is 0 Å². The Hall–Kier alpha value is -0.290. The van der Waals surface area contributed by atoms with Gasteiger partial charge in [-0.1, -0.05) is 41.1 Å². The standard InChI is InChI=1S/C16H18BrNS2/c1-10-9-15(13-7-8-19-16(13)20-10)18-11(2)12-5-3-4-6-14(12)17/h3-8,10-11,15,18H,9H2,1-2H3/t10-,11?,15?/m0/s1. The molecule has 1 aliphatic rings. The number of thiophene rings is 1. The fourth-order valence-corrected chi connectivity index (χ4v) is 5.92. The van der Waals surface area contributed by atoms with Crippen LogP contribution in [0.4, 0.5) is 0 Å². The SMILES string of the molecule is CC(NC1C[C@H](C)Sc2sccc21)c1ccccc1Br. The molecule has 1 aromatic heterocycles. The molecule has 1 N–H and O–H groups in total. The molecule has 106 valence electrons. The van der Waals surface area contributed by atoms with Crippen molar-refractivity contribution in [1.82, 2.24) is 5.32 Å². The summed E-state index contributed by atoms with van der Waals surface area (Å²) in [4.78, 5) is 0. The molecule has 0 saturated carbocycles. The molecule has 0 fully saturated rings. The molecule has 1 aliphatic heterocycles. The van der Waals surface area contributed by atoms with Crippen molar-refractivity contribution >= 4 is 39.0 Å². The average Bonchev–Trinajstić information content (AvgIpc) is 2.87. The second-order valence-electron chi connectivity index (χ2n) is 5.29. The van der Waals surface area contributed by atoms with E-state index in [1.165, 1.54) is 26.2 Å². The molecular formula is C16H18BrNS2. The van der Waals surface area contributed by atoms with Crippen LogP contribution < -0.4 is 5.32 Å². The lowest BCUT2D eigenvalue weighted by Gasteiger charge is -2.30. The van der Waals surface area contributed by atoms with Crippen molar-refractivity contribution in [3.8, 4) is 0 Å². The topological polar surface area (TPSA) is 12.0 Å². The maximum absolute atomic E-state index is 3.81. The molecule has 0 amide bonds. The Balaban J connectivity index is 1.80. The van der Waals surface area contributed by atoms with Crippen LogP contribution in [0.1, 0.15) is 43.5 Å². The summed E-state index contributed by atoms with van der Waals surface area (Å²) < 4.78 is 2.67. The summed E-state index contributed by atoms with van der Waals surface area (Å²) >= 11 is 7.55. The molecular weight excluding hydrogens is 350 g/mol. The summed E-state index contributed by atoms with van der Waals surface area (Å²) in [5.74, 6) is 0. The molecule has 1 nitrogen and oxygen atoms in total. The zero-order valence-electron chi connectivity index (χ0n) is 11.6. The highest BCUT2D eigenvalue weighted by molar-refractivity contribution is 9.10. The third-order valence-corrected chi connectivity index (χ3v) is 6.80. The van der Waals surface area contributed by atoms with Gasteiger partial charge in [-0.2, -0.15) is 0 Å². The summed E-state index contributed by atoms with van der Waals surface area (Å²) in [7, 11) is 0. The van der Waals surface area contributed by atoms with Gasteiger partial charge in [-0.25, -0.2) is 0 Å². The predicted octanol–water partition coefficient (Wildman–Crippen LogP) is 5.79. The molecule has 2 heterocycles. The van der Waals surface area contributed by atoms with Crippen molar-refractivity contribution in [2.75, 3.05) is 0 Å². The quantitative estimate of drug-likeness (QED) is 0.736. The lowest BCUT2D eigenvalue weighted by molar-refractivity contribution is 0.434. The van der Waals surface area contributed by atoms with Crippen molar-refractivity contribution < 1.29 is 0 Å². The number of hydrogen-bond donors (Lipinski definition) is 1. The molecule has 2 aromatic rings. The van der Waals surface area contributed by atoms with E-state index in [1.807, 2.05) is 23.1 Å². The fourth-order valence-electron chi connectivity index (χ4n) is 2.72. The molecule has 20 heavy (non-hydrogen) atoms. The van der Waals surface area contributed by atoms with Gasteiger partial charge in [-0.3, -0.25) is 0 Å². The van der Waals surface area contributed by atoms with Gasteiger partial charge in [0.1, 0.15) is 0 Å². The third-order valence-electron chi connectivity index (χ3n) is 3.73. The number of rotatable bonds is 3. The second kappa shape index (κ2) is 6.22. The van der Waals surface area contributed by atoms with E-state index in [-0.39, 0.29) is 0 Å². The first-order chi connectivity index (χ1) is 9.65. The smallest absolute Gasteiger partial charge is 0.0649 e. The van der Waals surface area contributed by atoms with Crippen molar-refractivity contribution in [2.24, 2.45) is 0 Å². The lowest BCUT2D eigenvalue weighted by atomic mass is 10.0. The van der Waals surface area contributed by atoms with Gasteiger partial charge in [0.05, 0.1) is 4.21 Å². The van der Waals surface area contributed by atoms with Crippen LogP contribution in [0, 0.1) is 0 Å². The van der Waals surface area contributed by atoms with Gasteiger partial charge >= 0.3 is 0 Å². The van der Waals surface area contributed by atoms with E-state index in [0.717, 1.165) is 0 Å². The van der Waals surface area contributed by atoms with Crippen molar-refractivity contribution in [1.29, 1.82) is 0 Å². The van der Waals surface area contributed by atoms with E-state index in [0.29, 0.717) is 17.3 Å². The van der Waals surface area contributed by atoms with Crippen LogP contribution in [0.3, 0.4) is 0 Å². The van der Waals surface area contributed by atoms with E-state index in [2.05, 4.69) is 70.8 Å². The van der Waals surface area contributed by atoms with Crippen LogP contribution in [-0.2, 0) is 0 Å². The van der Waals surface area contributed by atoms with E-state index >= 15 is 0 Å². The highest BCUT2D eigenvalue weighted by Crippen LogP contribution is 2.44. The van der Waals surface area contributed by atoms with Crippen LogP contribution >= 0.6 is 39.0 Å². The molecule has 2 unspecified atom stereocenters. The Kier molecular flexibility index (Phi) is 4.55. The lowest BCUT2D eigenvalue weighted by Crippen LogP contribution is -2.28. The van der Waals surface area contributed by atoms with E-state index in [9.17, 15) is 0 Å². The maximum Gasteiger partial charge on any atom is 0.0649 e. The number of halogens is 1. The first-order valence-electron chi connectivity index (χ1n) is 6.89. The minimum absolute atomic E-state index is 0.346. The number of fused-ring (bicyclic) bond motifs is 1. The summed E-state index contributed by atoms with van der Waals surface area (Å²) in [6.07, 6.45) is 1.20. The number of nitrogens with one attached hydrogen (secondary N) is 1. The van der Waals surface area contributed by atoms with Crippen LogP contribution in [0.2, 0.25) is 0 Å². The Morgan fingerprint density at radius 2 is 2.10 bits per heavy atom. The minimum atomic E-state index is 0.346. The van der Waals surface area contributed by atoms with Crippen LogP contribution in [0.25, 0.3) is 0 Å². The third kappa shape index (κ3) is 2.98. The molecule has 0 aliphatic carbocycles. The summed E-state index contributed by atoms with van der Waals surface area (Å²) in [6.45, 7) is 4.57. The Labute approximate surface area is 137 Å². The zero-order valence-corrected chi connectivity index (χ0v) is 14.8. The van der Waals surface area contributed by atoms with Gasteiger partial charge in [-0.05, 0) is 42.0 Å². The first-order valence-corrected chi connectivity index (χ1v) is 9.45. The van der Waals surface area contributed by atoms with Gasteiger partial charge in [0.2, 0.25) is 0 Å². The molecule has 3 atom stereocenters. The van der Waals surface area contributed by atoms with E-state index in [1.54, 1.807) is 0 Å². The number of benzene rings is 1. The van der Waals surface area contributed by atoms with E-state index < -0.39 is 0 Å². The fraction of sp³-hybridized carbons (Fsp3) is 0.375. The van der Waals surface area contributed by atoms with Gasteiger partial charge in [-0.15, -0.1) is 23.1 Å². The highest BCUT2D eigenvalue weighted by atomic mass is 79.9. The average molecular weight is 368 g/mol. The van der Waals surface area contributed by atoms with Gasteiger partial charge in [0.25, 0.3) is 0 Å². The van der Waals surface area contributed by atoms with Crippen molar-refractivity contribution in [3.63, 3.8) is 0 Å². The molecule has 1 aromatic carbocycles. The molecule has 4 heteroatoms.